The predicted octanol–water partition coefficient (Wildman–Crippen LogP) is 2.90. The Labute approximate surface area is 92.7 Å². The van der Waals surface area contributed by atoms with Crippen LogP contribution in [0.4, 0.5) is 0 Å². The molecule has 2 nitrogen and oxygen atoms in total. The molecular weight excluding hydrogens is 186 g/mol. The molecule has 0 fully saturated rings. The van der Waals surface area contributed by atoms with Crippen LogP contribution < -0.4 is 5.32 Å². The topological polar surface area (TPSA) is 29.1 Å². The number of aldehydes is 1. The first-order chi connectivity index (χ1) is 7.35. The van der Waals surface area contributed by atoms with Crippen LogP contribution in [0.25, 0.3) is 0 Å². The summed E-state index contributed by atoms with van der Waals surface area (Å²) in [6, 6.07) is 9.10. The molecule has 0 unspecified atom stereocenters. The monoisotopic (exact) mass is 207 g/mol. The summed E-state index contributed by atoms with van der Waals surface area (Å²) in [4.78, 5) is 10.0. The van der Waals surface area contributed by atoms with E-state index in [0.29, 0.717) is 0 Å². The molecule has 0 aromatic heterocycles. The van der Waals surface area contributed by atoms with Crippen LogP contribution in [0.1, 0.15) is 37.0 Å². The molecule has 0 bridgehead atoms. The molecule has 0 saturated carbocycles. The average Bonchev–Trinajstić information content (AvgIpc) is 2.32. The van der Waals surface area contributed by atoms with Crippen molar-refractivity contribution in [2.45, 2.75) is 26.7 Å². The lowest BCUT2D eigenvalue weighted by Crippen LogP contribution is -2.14. The summed E-state index contributed by atoms with van der Waals surface area (Å²) >= 11 is 0. The fourth-order valence-electron chi connectivity index (χ4n) is 1.01. The van der Waals surface area contributed by atoms with Gasteiger partial charge in [0.05, 0.1) is 0 Å². The van der Waals surface area contributed by atoms with Crippen molar-refractivity contribution in [3.8, 4) is 0 Å². The molecule has 1 aromatic rings. The number of rotatable bonds is 5. The predicted molar refractivity (Wildman–Crippen MR) is 65.3 cm³/mol. The smallest absolute Gasteiger partial charge is 0.150 e. The van der Waals surface area contributed by atoms with E-state index in [1.165, 1.54) is 25.9 Å². The van der Waals surface area contributed by atoms with Crippen LogP contribution in [0.15, 0.2) is 30.3 Å². The highest BCUT2D eigenvalue weighted by molar-refractivity contribution is 5.74. The van der Waals surface area contributed by atoms with Crippen LogP contribution in [0.5, 0.6) is 0 Å². The molecule has 0 spiro atoms. The lowest BCUT2D eigenvalue weighted by Gasteiger charge is -1.95. The second kappa shape index (κ2) is 10.9. The fourth-order valence-corrected chi connectivity index (χ4v) is 1.01. The molecule has 0 atom stereocenters. The van der Waals surface area contributed by atoms with Gasteiger partial charge in [0.2, 0.25) is 0 Å². The zero-order valence-electron chi connectivity index (χ0n) is 9.70. The number of hydrogen-bond donors (Lipinski definition) is 1. The van der Waals surface area contributed by atoms with Crippen molar-refractivity contribution in [1.29, 1.82) is 0 Å². The summed E-state index contributed by atoms with van der Waals surface area (Å²) in [6.07, 6.45) is 3.33. The molecule has 84 valence electrons. The van der Waals surface area contributed by atoms with Crippen molar-refractivity contribution in [2.75, 3.05) is 13.1 Å². The van der Waals surface area contributed by atoms with E-state index in [1.807, 2.05) is 18.2 Å². The van der Waals surface area contributed by atoms with Crippen LogP contribution >= 0.6 is 0 Å². The molecule has 0 amide bonds. The van der Waals surface area contributed by atoms with Gasteiger partial charge in [-0.1, -0.05) is 44.2 Å². The van der Waals surface area contributed by atoms with Gasteiger partial charge >= 0.3 is 0 Å². The van der Waals surface area contributed by atoms with Gasteiger partial charge in [-0.2, -0.15) is 0 Å². The van der Waals surface area contributed by atoms with Gasteiger partial charge in [0.15, 0.2) is 0 Å². The van der Waals surface area contributed by atoms with E-state index in [0.717, 1.165) is 11.8 Å². The van der Waals surface area contributed by atoms with Gasteiger partial charge in [0.1, 0.15) is 6.29 Å². The maximum atomic E-state index is 10.0. The first-order valence-electron chi connectivity index (χ1n) is 5.56. The van der Waals surface area contributed by atoms with E-state index in [9.17, 15) is 4.79 Å². The Morgan fingerprint density at radius 1 is 1.07 bits per heavy atom. The zero-order valence-corrected chi connectivity index (χ0v) is 9.70. The number of benzene rings is 1. The van der Waals surface area contributed by atoms with Crippen LogP contribution in [-0.4, -0.2) is 19.4 Å². The Morgan fingerprint density at radius 2 is 1.60 bits per heavy atom. The number of hydrogen-bond acceptors (Lipinski definition) is 2. The molecule has 1 rings (SSSR count). The van der Waals surface area contributed by atoms with Gasteiger partial charge in [0.25, 0.3) is 0 Å². The lowest BCUT2D eigenvalue weighted by atomic mass is 10.2. The first kappa shape index (κ1) is 13.8. The Balaban J connectivity index is 0.000000265. The number of carbonyl (C=O) groups is 1. The standard InChI is InChI=1S/C7H6O.C6H15N/c8-6-7-4-2-1-3-5-7;1-3-5-7-6-4-2/h1-6H;7H,3-6H2,1-2H3. The first-order valence-corrected chi connectivity index (χ1v) is 5.56. The summed E-state index contributed by atoms with van der Waals surface area (Å²) in [5.41, 5.74) is 0.729. The second-order valence-corrected chi connectivity index (χ2v) is 3.28. The molecule has 1 aromatic carbocycles. The molecule has 2 heteroatoms. The quantitative estimate of drug-likeness (QED) is 0.594. The van der Waals surface area contributed by atoms with E-state index in [4.69, 9.17) is 0 Å². The van der Waals surface area contributed by atoms with Crippen molar-refractivity contribution in [3.05, 3.63) is 35.9 Å². The minimum absolute atomic E-state index is 0.729. The summed E-state index contributed by atoms with van der Waals surface area (Å²) in [6.45, 7) is 6.72. The highest BCUT2D eigenvalue weighted by Crippen LogP contribution is 1.91. The van der Waals surface area contributed by atoms with E-state index in [-0.39, 0.29) is 0 Å². The largest absolute Gasteiger partial charge is 0.317 e. The van der Waals surface area contributed by atoms with Crippen molar-refractivity contribution in [3.63, 3.8) is 0 Å². The molecule has 15 heavy (non-hydrogen) atoms. The summed E-state index contributed by atoms with van der Waals surface area (Å²) in [7, 11) is 0. The van der Waals surface area contributed by atoms with Crippen LogP contribution in [0.2, 0.25) is 0 Å². The molecule has 0 aliphatic heterocycles. The molecular formula is C13H21NO. The van der Waals surface area contributed by atoms with Gasteiger partial charge in [0, 0.05) is 5.56 Å². The lowest BCUT2D eigenvalue weighted by molar-refractivity contribution is 0.112. The number of carbonyl (C=O) groups excluding carboxylic acids is 1. The minimum atomic E-state index is 0.729. The highest BCUT2D eigenvalue weighted by Gasteiger charge is 1.80. The molecule has 0 saturated heterocycles. The van der Waals surface area contributed by atoms with E-state index in [2.05, 4.69) is 19.2 Å². The zero-order chi connectivity index (χ0) is 11.4. The van der Waals surface area contributed by atoms with Crippen LogP contribution in [0, 0.1) is 0 Å². The third-order valence-electron chi connectivity index (χ3n) is 1.79. The van der Waals surface area contributed by atoms with Gasteiger partial charge in [-0.25, -0.2) is 0 Å². The SMILES string of the molecule is CCCNCCC.O=Cc1ccccc1. The Bertz CT molecular complexity index is 230. The van der Waals surface area contributed by atoms with E-state index >= 15 is 0 Å². The van der Waals surface area contributed by atoms with Crippen molar-refractivity contribution in [2.24, 2.45) is 0 Å². The average molecular weight is 207 g/mol. The maximum Gasteiger partial charge on any atom is 0.150 e. The third-order valence-corrected chi connectivity index (χ3v) is 1.79. The van der Waals surface area contributed by atoms with E-state index in [1.54, 1.807) is 12.1 Å². The van der Waals surface area contributed by atoms with Gasteiger partial charge in [-0.05, 0) is 25.9 Å². The fraction of sp³-hybridized carbons (Fsp3) is 0.462. The normalized spacial score (nSPS) is 8.93. The summed E-state index contributed by atoms with van der Waals surface area (Å²) in [5.74, 6) is 0. The molecule has 0 radical (unpaired) electrons. The van der Waals surface area contributed by atoms with Gasteiger partial charge < -0.3 is 5.32 Å². The summed E-state index contributed by atoms with van der Waals surface area (Å²) < 4.78 is 0. The van der Waals surface area contributed by atoms with Crippen molar-refractivity contribution in [1.82, 2.24) is 5.32 Å². The second-order valence-electron chi connectivity index (χ2n) is 3.28. The molecule has 0 aliphatic rings. The van der Waals surface area contributed by atoms with Crippen LogP contribution in [0.3, 0.4) is 0 Å². The Kier molecular flexibility index (Phi) is 10.1. The number of nitrogens with one attached hydrogen (secondary N) is 1. The molecule has 0 heterocycles. The summed E-state index contributed by atoms with van der Waals surface area (Å²) in [5, 5.41) is 3.28. The Hall–Kier alpha value is -1.15. The molecule has 0 aliphatic carbocycles. The van der Waals surface area contributed by atoms with Crippen molar-refractivity contribution < 1.29 is 4.79 Å². The minimum Gasteiger partial charge on any atom is -0.317 e. The maximum absolute atomic E-state index is 10.0. The van der Waals surface area contributed by atoms with Crippen molar-refractivity contribution >= 4 is 6.29 Å². The Morgan fingerprint density at radius 3 is 1.93 bits per heavy atom. The third kappa shape index (κ3) is 9.16. The van der Waals surface area contributed by atoms with Crippen LogP contribution in [-0.2, 0) is 0 Å². The molecule has 1 N–H and O–H groups in total. The van der Waals surface area contributed by atoms with Gasteiger partial charge in [-0.3, -0.25) is 4.79 Å². The highest BCUT2D eigenvalue weighted by atomic mass is 16.1. The van der Waals surface area contributed by atoms with Gasteiger partial charge in [-0.15, -0.1) is 0 Å². The van der Waals surface area contributed by atoms with E-state index < -0.39 is 0 Å².